The molecule has 1 atom stereocenters. The second-order valence-electron chi connectivity index (χ2n) is 10.3. The van der Waals surface area contributed by atoms with Crippen LogP contribution in [-0.2, 0) is 12.8 Å². The monoisotopic (exact) mass is 493 g/mol. The Morgan fingerprint density at radius 1 is 1.08 bits per heavy atom. The smallest absolute Gasteiger partial charge is 0.254 e. The second kappa shape index (κ2) is 12.0. The zero-order valence-corrected chi connectivity index (χ0v) is 22.8. The van der Waals surface area contributed by atoms with E-state index < -0.39 is 0 Å². The predicted octanol–water partition coefficient (Wildman–Crippen LogP) is 5.10. The van der Waals surface area contributed by atoms with Gasteiger partial charge in [0.15, 0.2) is 11.5 Å². The zero-order chi connectivity index (χ0) is 25.7. The standard InChI is InChI=1S/C30H43N3O3/c1-6-31-29-22(3)21(2)11-12-24(29)10-8-15-32-14-7-9-23(19-32)20-33-16-13-25-17-27(35-4)28(36-5)18-26(25)30(33)34/h11-12,17-18,23,31H,6-10,13-16,19-20H2,1-5H3. The Balaban J connectivity index is 1.32. The minimum Gasteiger partial charge on any atom is -0.493 e. The van der Waals surface area contributed by atoms with Crippen molar-refractivity contribution in [1.29, 1.82) is 0 Å². The predicted molar refractivity (Wildman–Crippen MR) is 147 cm³/mol. The van der Waals surface area contributed by atoms with Gasteiger partial charge in [0.1, 0.15) is 0 Å². The van der Waals surface area contributed by atoms with Gasteiger partial charge in [-0.2, -0.15) is 0 Å². The van der Waals surface area contributed by atoms with Crippen molar-refractivity contribution in [3.05, 3.63) is 52.1 Å². The average Bonchev–Trinajstić information content (AvgIpc) is 2.89. The van der Waals surface area contributed by atoms with E-state index in [1.165, 1.54) is 35.2 Å². The fourth-order valence-corrected chi connectivity index (χ4v) is 5.84. The van der Waals surface area contributed by atoms with Crippen LogP contribution >= 0.6 is 0 Å². The summed E-state index contributed by atoms with van der Waals surface area (Å²) in [6.45, 7) is 12.5. The molecule has 1 unspecified atom stereocenters. The quantitative estimate of drug-likeness (QED) is 0.499. The first-order chi connectivity index (χ1) is 17.4. The Labute approximate surface area is 217 Å². The first kappa shape index (κ1) is 26.3. The lowest BCUT2D eigenvalue weighted by atomic mass is 9.93. The first-order valence-corrected chi connectivity index (χ1v) is 13.5. The number of amides is 1. The summed E-state index contributed by atoms with van der Waals surface area (Å²) in [7, 11) is 3.26. The van der Waals surface area contributed by atoms with Crippen molar-refractivity contribution in [3.8, 4) is 11.5 Å². The summed E-state index contributed by atoms with van der Waals surface area (Å²) >= 11 is 0. The molecular formula is C30H43N3O3. The molecule has 0 aromatic heterocycles. The van der Waals surface area contributed by atoms with Gasteiger partial charge < -0.3 is 24.6 Å². The Morgan fingerprint density at radius 2 is 1.86 bits per heavy atom. The van der Waals surface area contributed by atoms with Crippen LogP contribution < -0.4 is 14.8 Å². The maximum absolute atomic E-state index is 13.3. The van der Waals surface area contributed by atoms with E-state index in [4.69, 9.17) is 9.47 Å². The fourth-order valence-electron chi connectivity index (χ4n) is 5.84. The van der Waals surface area contributed by atoms with E-state index >= 15 is 0 Å². The SMILES string of the molecule is CCNc1c(CCCN2CCCC(CN3CCc4cc(OC)c(OC)cc4C3=O)C2)ccc(C)c1C. The van der Waals surface area contributed by atoms with Gasteiger partial charge in [-0.3, -0.25) is 4.79 Å². The van der Waals surface area contributed by atoms with Crippen molar-refractivity contribution in [3.63, 3.8) is 0 Å². The zero-order valence-electron chi connectivity index (χ0n) is 22.8. The second-order valence-corrected chi connectivity index (χ2v) is 10.3. The minimum atomic E-state index is 0.125. The lowest BCUT2D eigenvalue weighted by Gasteiger charge is -2.37. The molecule has 0 radical (unpaired) electrons. The largest absolute Gasteiger partial charge is 0.493 e. The van der Waals surface area contributed by atoms with Gasteiger partial charge in [0.2, 0.25) is 0 Å². The molecule has 2 aliphatic rings. The van der Waals surface area contributed by atoms with Crippen LogP contribution in [0.15, 0.2) is 24.3 Å². The number of nitrogens with zero attached hydrogens (tertiary/aromatic N) is 2. The van der Waals surface area contributed by atoms with E-state index in [1.54, 1.807) is 14.2 Å². The van der Waals surface area contributed by atoms with E-state index in [0.717, 1.165) is 69.7 Å². The van der Waals surface area contributed by atoms with Gasteiger partial charge in [-0.25, -0.2) is 0 Å². The number of methoxy groups -OCH3 is 2. The average molecular weight is 494 g/mol. The maximum atomic E-state index is 13.3. The number of aryl methyl sites for hydroxylation is 2. The third-order valence-electron chi connectivity index (χ3n) is 7.96. The molecule has 0 saturated carbocycles. The summed E-state index contributed by atoms with van der Waals surface area (Å²) in [5, 5.41) is 3.59. The molecule has 0 spiro atoms. The van der Waals surface area contributed by atoms with Crippen LogP contribution in [0, 0.1) is 19.8 Å². The molecule has 1 fully saturated rings. The van der Waals surface area contributed by atoms with Gasteiger partial charge in [0.25, 0.3) is 5.91 Å². The van der Waals surface area contributed by atoms with Crippen LogP contribution in [0.5, 0.6) is 11.5 Å². The third kappa shape index (κ3) is 5.80. The molecule has 2 heterocycles. The maximum Gasteiger partial charge on any atom is 0.254 e. The number of likely N-dealkylation sites (tertiary alicyclic amines) is 1. The molecule has 1 amide bonds. The first-order valence-electron chi connectivity index (χ1n) is 13.5. The molecule has 0 bridgehead atoms. The molecule has 1 N–H and O–H groups in total. The van der Waals surface area contributed by atoms with Crippen LogP contribution in [0.3, 0.4) is 0 Å². The number of benzene rings is 2. The Morgan fingerprint density at radius 3 is 2.61 bits per heavy atom. The Bertz CT molecular complexity index is 1070. The van der Waals surface area contributed by atoms with Gasteiger partial charge in [-0.05, 0) is 106 Å². The summed E-state index contributed by atoms with van der Waals surface area (Å²) in [5.74, 6) is 1.97. The highest BCUT2D eigenvalue weighted by Crippen LogP contribution is 2.34. The number of nitrogens with one attached hydrogen (secondary N) is 1. The van der Waals surface area contributed by atoms with Gasteiger partial charge in [0, 0.05) is 37.4 Å². The summed E-state index contributed by atoms with van der Waals surface area (Å²) in [4.78, 5) is 18.0. The van der Waals surface area contributed by atoms with Crippen molar-refractivity contribution >= 4 is 11.6 Å². The number of hydrogen-bond acceptors (Lipinski definition) is 5. The molecule has 6 nitrogen and oxygen atoms in total. The van der Waals surface area contributed by atoms with E-state index in [1.807, 2.05) is 12.1 Å². The highest BCUT2D eigenvalue weighted by molar-refractivity contribution is 5.97. The topological polar surface area (TPSA) is 54.0 Å². The van der Waals surface area contributed by atoms with Crippen LogP contribution in [0.2, 0.25) is 0 Å². The summed E-state index contributed by atoms with van der Waals surface area (Å²) in [5.41, 5.74) is 7.29. The van der Waals surface area contributed by atoms with Gasteiger partial charge >= 0.3 is 0 Å². The minimum absolute atomic E-state index is 0.125. The van der Waals surface area contributed by atoms with Gasteiger partial charge in [0.05, 0.1) is 14.2 Å². The van der Waals surface area contributed by atoms with Crippen LogP contribution in [0.4, 0.5) is 5.69 Å². The number of hydrogen-bond donors (Lipinski definition) is 1. The van der Waals surface area contributed by atoms with Crippen molar-refractivity contribution < 1.29 is 14.3 Å². The number of rotatable bonds is 10. The molecule has 36 heavy (non-hydrogen) atoms. The summed E-state index contributed by atoms with van der Waals surface area (Å²) in [6, 6.07) is 8.36. The molecule has 1 saturated heterocycles. The molecule has 6 heteroatoms. The van der Waals surface area contributed by atoms with Crippen LogP contribution in [-0.4, -0.2) is 69.2 Å². The lowest BCUT2D eigenvalue weighted by Crippen LogP contribution is -2.45. The number of ether oxygens (including phenoxy) is 2. The van der Waals surface area contributed by atoms with Crippen LogP contribution in [0.25, 0.3) is 0 Å². The number of fused-ring (bicyclic) bond motifs is 1. The Kier molecular flexibility index (Phi) is 8.78. The highest BCUT2D eigenvalue weighted by atomic mass is 16.5. The number of anilines is 1. The summed E-state index contributed by atoms with van der Waals surface area (Å²) in [6.07, 6.45) is 5.52. The van der Waals surface area contributed by atoms with E-state index in [-0.39, 0.29) is 5.91 Å². The highest BCUT2D eigenvalue weighted by Gasteiger charge is 2.30. The van der Waals surface area contributed by atoms with Crippen molar-refractivity contribution in [2.45, 2.75) is 52.9 Å². The molecule has 0 aliphatic carbocycles. The molecule has 2 aromatic rings. The van der Waals surface area contributed by atoms with Crippen LogP contribution in [0.1, 0.15) is 58.8 Å². The molecule has 2 aliphatic heterocycles. The lowest BCUT2D eigenvalue weighted by molar-refractivity contribution is 0.0660. The number of carbonyl (C=O) groups is 1. The number of piperidine rings is 1. The van der Waals surface area contributed by atoms with Crippen molar-refractivity contribution in [2.75, 3.05) is 58.8 Å². The van der Waals surface area contributed by atoms with Gasteiger partial charge in [-0.1, -0.05) is 12.1 Å². The molecule has 196 valence electrons. The third-order valence-corrected chi connectivity index (χ3v) is 7.96. The normalized spacial score (nSPS) is 18.2. The molecular weight excluding hydrogens is 450 g/mol. The van der Waals surface area contributed by atoms with Crippen molar-refractivity contribution in [2.24, 2.45) is 5.92 Å². The van der Waals surface area contributed by atoms with E-state index in [9.17, 15) is 4.79 Å². The molecule has 2 aromatic carbocycles. The van der Waals surface area contributed by atoms with Crippen molar-refractivity contribution in [1.82, 2.24) is 9.80 Å². The van der Waals surface area contributed by atoms with Gasteiger partial charge in [-0.15, -0.1) is 0 Å². The number of carbonyl (C=O) groups excluding carboxylic acids is 1. The summed E-state index contributed by atoms with van der Waals surface area (Å²) < 4.78 is 10.9. The van der Waals surface area contributed by atoms with E-state index in [0.29, 0.717) is 17.4 Å². The molecule has 4 rings (SSSR count). The Hall–Kier alpha value is -2.73. The fraction of sp³-hybridized carbons (Fsp3) is 0.567. The van der Waals surface area contributed by atoms with E-state index in [2.05, 4.69) is 48.0 Å².